The molecular weight excluding hydrogens is 267 g/mol. The van der Waals surface area contributed by atoms with Crippen LogP contribution in [0.15, 0.2) is 48.5 Å². The summed E-state index contributed by atoms with van der Waals surface area (Å²) < 4.78 is 13.5. The van der Waals surface area contributed by atoms with Crippen LogP contribution in [0.1, 0.15) is 35.4 Å². The number of nitrogens with one attached hydrogen (secondary N) is 1. The Labute approximate surface area is 123 Å². The molecule has 0 radical (unpaired) electrons. The molecule has 0 bridgehead atoms. The van der Waals surface area contributed by atoms with E-state index in [4.69, 9.17) is 0 Å². The molecule has 108 valence electrons. The molecule has 1 amide bonds. The Hall–Kier alpha value is -2.36. The average Bonchev–Trinajstić information content (AvgIpc) is 2.50. The third-order valence-electron chi connectivity index (χ3n) is 3.65. The SMILES string of the molecule is CCCN1C(=O)c2ccccc2NC1c1cccc(F)c1. The predicted octanol–water partition coefficient (Wildman–Crippen LogP) is 3.80. The summed E-state index contributed by atoms with van der Waals surface area (Å²) in [5.41, 5.74) is 2.22. The van der Waals surface area contributed by atoms with E-state index in [1.165, 1.54) is 12.1 Å². The number of halogens is 1. The number of carbonyl (C=O) groups is 1. The van der Waals surface area contributed by atoms with E-state index in [0.717, 1.165) is 17.7 Å². The number of anilines is 1. The number of fused-ring (bicyclic) bond motifs is 1. The molecule has 0 aliphatic carbocycles. The average molecular weight is 284 g/mol. The molecule has 0 fully saturated rings. The molecule has 0 saturated heterocycles. The van der Waals surface area contributed by atoms with Crippen molar-refractivity contribution < 1.29 is 9.18 Å². The van der Waals surface area contributed by atoms with Gasteiger partial charge in [-0.15, -0.1) is 0 Å². The third-order valence-corrected chi connectivity index (χ3v) is 3.65. The Morgan fingerprint density at radius 1 is 1.19 bits per heavy atom. The van der Waals surface area contributed by atoms with E-state index in [0.29, 0.717) is 12.1 Å². The molecule has 21 heavy (non-hydrogen) atoms. The van der Waals surface area contributed by atoms with Gasteiger partial charge in [-0.2, -0.15) is 0 Å². The number of rotatable bonds is 3. The van der Waals surface area contributed by atoms with Crippen molar-refractivity contribution in [1.29, 1.82) is 0 Å². The molecule has 2 aromatic carbocycles. The maximum atomic E-state index is 13.5. The molecule has 0 saturated carbocycles. The van der Waals surface area contributed by atoms with Crippen molar-refractivity contribution in [3.63, 3.8) is 0 Å². The van der Waals surface area contributed by atoms with Gasteiger partial charge in [0.25, 0.3) is 5.91 Å². The number of carbonyl (C=O) groups excluding carboxylic acids is 1. The lowest BCUT2D eigenvalue weighted by Crippen LogP contribution is -2.43. The van der Waals surface area contributed by atoms with Crippen molar-refractivity contribution >= 4 is 11.6 Å². The first kappa shape index (κ1) is 13.6. The fraction of sp³-hybridized carbons (Fsp3) is 0.235. The minimum Gasteiger partial charge on any atom is -0.361 e. The molecule has 1 atom stereocenters. The van der Waals surface area contributed by atoms with E-state index >= 15 is 0 Å². The van der Waals surface area contributed by atoms with Gasteiger partial charge >= 0.3 is 0 Å². The number of hydrogen-bond donors (Lipinski definition) is 1. The molecule has 1 unspecified atom stereocenters. The Bertz CT molecular complexity index is 671. The van der Waals surface area contributed by atoms with Crippen molar-refractivity contribution in [2.75, 3.05) is 11.9 Å². The van der Waals surface area contributed by atoms with Crippen LogP contribution in [0.4, 0.5) is 10.1 Å². The van der Waals surface area contributed by atoms with Crippen LogP contribution >= 0.6 is 0 Å². The van der Waals surface area contributed by atoms with Crippen LogP contribution in [0.25, 0.3) is 0 Å². The zero-order chi connectivity index (χ0) is 14.8. The zero-order valence-corrected chi connectivity index (χ0v) is 11.8. The minimum atomic E-state index is -0.331. The van der Waals surface area contributed by atoms with Gasteiger partial charge in [0, 0.05) is 12.2 Å². The van der Waals surface area contributed by atoms with E-state index in [2.05, 4.69) is 5.32 Å². The number of para-hydroxylation sites is 1. The molecule has 2 aromatic rings. The smallest absolute Gasteiger partial charge is 0.257 e. The fourth-order valence-electron chi connectivity index (χ4n) is 2.70. The van der Waals surface area contributed by atoms with Gasteiger partial charge in [-0.05, 0) is 36.2 Å². The van der Waals surface area contributed by atoms with Crippen LogP contribution in [0.5, 0.6) is 0 Å². The standard InChI is InChI=1S/C17H17FN2O/c1-2-10-20-16(12-6-5-7-13(18)11-12)19-15-9-4-3-8-14(15)17(20)21/h3-9,11,16,19H,2,10H2,1H3. The lowest BCUT2D eigenvalue weighted by atomic mass is 10.0. The fourth-order valence-corrected chi connectivity index (χ4v) is 2.70. The normalized spacial score (nSPS) is 17.3. The summed E-state index contributed by atoms with van der Waals surface area (Å²) in [7, 11) is 0. The summed E-state index contributed by atoms with van der Waals surface area (Å²) in [6.45, 7) is 2.65. The van der Waals surface area contributed by atoms with E-state index in [1.807, 2.05) is 37.3 Å². The maximum Gasteiger partial charge on any atom is 0.257 e. The Balaban J connectivity index is 2.04. The minimum absolute atomic E-state index is 0.0135. The molecule has 0 spiro atoms. The zero-order valence-electron chi connectivity index (χ0n) is 11.8. The molecule has 1 aliphatic heterocycles. The molecule has 1 heterocycles. The lowest BCUT2D eigenvalue weighted by Gasteiger charge is -2.38. The highest BCUT2D eigenvalue weighted by molar-refractivity contribution is 6.01. The van der Waals surface area contributed by atoms with Gasteiger partial charge in [-0.3, -0.25) is 4.79 Å². The van der Waals surface area contributed by atoms with Gasteiger partial charge in [0.15, 0.2) is 0 Å². The second-order valence-electron chi connectivity index (χ2n) is 5.15. The second kappa shape index (κ2) is 5.56. The van der Waals surface area contributed by atoms with Crippen LogP contribution in [-0.4, -0.2) is 17.4 Å². The molecule has 3 nitrogen and oxygen atoms in total. The highest BCUT2D eigenvalue weighted by atomic mass is 19.1. The van der Waals surface area contributed by atoms with Gasteiger partial charge in [0.2, 0.25) is 0 Å². The van der Waals surface area contributed by atoms with Crippen LogP contribution < -0.4 is 5.32 Å². The second-order valence-corrected chi connectivity index (χ2v) is 5.15. The number of amides is 1. The van der Waals surface area contributed by atoms with E-state index in [9.17, 15) is 9.18 Å². The molecule has 0 aromatic heterocycles. The van der Waals surface area contributed by atoms with Crippen LogP contribution in [0.2, 0.25) is 0 Å². The van der Waals surface area contributed by atoms with Gasteiger partial charge in [0.05, 0.1) is 5.56 Å². The largest absolute Gasteiger partial charge is 0.361 e. The van der Waals surface area contributed by atoms with Crippen molar-refractivity contribution in [2.45, 2.75) is 19.5 Å². The lowest BCUT2D eigenvalue weighted by molar-refractivity contribution is 0.0683. The molecular formula is C17H17FN2O. The van der Waals surface area contributed by atoms with Crippen molar-refractivity contribution in [3.8, 4) is 0 Å². The summed E-state index contributed by atoms with van der Waals surface area (Å²) in [5, 5.41) is 3.34. The quantitative estimate of drug-likeness (QED) is 0.929. The van der Waals surface area contributed by atoms with Crippen LogP contribution in [0.3, 0.4) is 0 Å². The summed E-state index contributed by atoms with van der Waals surface area (Å²) in [6, 6.07) is 13.8. The summed E-state index contributed by atoms with van der Waals surface area (Å²) >= 11 is 0. The van der Waals surface area contributed by atoms with E-state index in [1.54, 1.807) is 11.0 Å². The summed E-state index contributed by atoms with van der Waals surface area (Å²) in [5.74, 6) is -0.308. The monoisotopic (exact) mass is 284 g/mol. The highest BCUT2D eigenvalue weighted by Crippen LogP contribution is 2.33. The van der Waals surface area contributed by atoms with Gasteiger partial charge < -0.3 is 10.2 Å². The van der Waals surface area contributed by atoms with Gasteiger partial charge in [-0.1, -0.05) is 31.2 Å². The van der Waals surface area contributed by atoms with Crippen molar-refractivity contribution in [1.82, 2.24) is 4.90 Å². The number of benzene rings is 2. The molecule has 4 heteroatoms. The molecule has 1 aliphatic rings. The van der Waals surface area contributed by atoms with Gasteiger partial charge in [-0.25, -0.2) is 4.39 Å². The molecule has 1 N–H and O–H groups in total. The maximum absolute atomic E-state index is 13.5. The third kappa shape index (κ3) is 2.49. The topological polar surface area (TPSA) is 32.3 Å². The van der Waals surface area contributed by atoms with E-state index in [-0.39, 0.29) is 17.9 Å². The summed E-state index contributed by atoms with van der Waals surface area (Å²) in [4.78, 5) is 14.4. The Kier molecular flexibility index (Phi) is 3.60. The predicted molar refractivity (Wildman–Crippen MR) is 80.5 cm³/mol. The molecule has 3 rings (SSSR count). The Morgan fingerprint density at radius 2 is 2.00 bits per heavy atom. The van der Waals surface area contributed by atoms with Crippen molar-refractivity contribution in [3.05, 3.63) is 65.5 Å². The number of nitrogens with zero attached hydrogens (tertiary/aromatic N) is 1. The van der Waals surface area contributed by atoms with Crippen LogP contribution in [-0.2, 0) is 0 Å². The van der Waals surface area contributed by atoms with Crippen molar-refractivity contribution in [2.24, 2.45) is 0 Å². The first-order chi connectivity index (χ1) is 10.2. The van der Waals surface area contributed by atoms with Crippen LogP contribution in [0, 0.1) is 5.82 Å². The first-order valence-corrected chi connectivity index (χ1v) is 7.12. The Morgan fingerprint density at radius 3 is 2.76 bits per heavy atom. The summed E-state index contributed by atoms with van der Waals surface area (Å²) in [6.07, 6.45) is 0.518. The van der Waals surface area contributed by atoms with E-state index < -0.39 is 0 Å². The highest BCUT2D eigenvalue weighted by Gasteiger charge is 2.32. The number of hydrogen-bond acceptors (Lipinski definition) is 2. The van der Waals surface area contributed by atoms with Gasteiger partial charge in [0.1, 0.15) is 12.0 Å². The first-order valence-electron chi connectivity index (χ1n) is 7.12.